The van der Waals surface area contributed by atoms with Crippen molar-refractivity contribution in [1.82, 2.24) is 19.2 Å². The molecule has 0 spiro atoms. The van der Waals surface area contributed by atoms with Crippen LogP contribution in [0.3, 0.4) is 0 Å². The van der Waals surface area contributed by atoms with E-state index >= 15 is 0 Å². The number of nitrogens with one attached hydrogen (secondary N) is 1. The van der Waals surface area contributed by atoms with Crippen molar-refractivity contribution in [2.75, 3.05) is 5.32 Å². The van der Waals surface area contributed by atoms with E-state index in [1.165, 1.54) is 10.6 Å². The molecule has 0 radical (unpaired) electrons. The van der Waals surface area contributed by atoms with Crippen LogP contribution >= 0.6 is 27.3 Å². The van der Waals surface area contributed by atoms with Crippen LogP contribution < -0.4 is 5.32 Å². The van der Waals surface area contributed by atoms with Gasteiger partial charge >= 0.3 is 0 Å². The van der Waals surface area contributed by atoms with Crippen LogP contribution in [0.4, 0.5) is 5.69 Å². The van der Waals surface area contributed by atoms with E-state index in [0.717, 1.165) is 27.5 Å². The molecule has 19 heavy (non-hydrogen) atoms. The zero-order valence-electron chi connectivity index (χ0n) is 10.9. The summed E-state index contributed by atoms with van der Waals surface area (Å²) >= 11 is 5.15. The first kappa shape index (κ1) is 12.7. The summed E-state index contributed by atoms with van der Waals surface area (Å²) in [5, 5.41) is 7.64. The molecule has 3 aromatic heterocycles. The summed E-state index contributed by atoms with van der Waals surface area (Å²) in [6, 6.07) is 0. The lowest BCUT2D eigenvalue weighted by Gasteiger charge is -2.04. The third-order valence-corrected chi connectivity index (χ3v) is 4.45. The Hall–Kier alpha value is -1.34. The van der Waals surface area contributed by atoms with Gasteiger partial charge in [-0.25, -0.2) is 4.98 Å². The highest BCUT2D eigenvalue weighted by molar-refractivity contribution is 9.10. The molecule has 0 aromatic carbocycles. The smallest absolute Gasteiger partial charge is 0.194 e. The average Bonchev–Trinajstić information content (AvgIpc) is 2.90. The lowest BCUT2D eigenvalue weighted by atomic mass is 10.3. The highest BCUT2D eigenvalue weighted by atomic mass is 79.9. The minimum absolute atomic E-state index is 0.730. The maximum absolute atomic E-state index is 4.58. The number of rotatable bonds is 3. The molecular formula is C12H14BrN5S. The van der Waals surface area contributed by atoms with Gasteiger partial charge < -0.3 is 5.32 Å². The van der Waals surface area contributed by atoms with Crippen molar-refractivity contribution in [1.29, 1.82) is 0 Å². The van der Waals surface area contributed by atoms with Crippen LogP contribution in [-0.2, 0) is 13.6 Å². The highest BCUT2D eigenvalue weighted by Gasteiger charge is 2.12. The molecule has 1 N–H and O–H groups in total. The van der Waals surface area contributed by atoms with Gasteiger partial charge in [-0.15, -0.1) is 11.3 Å². The van der Waals surface area contributed by atoms with Gasteiger partial charge in [0.15, 0.2) is 9.56 Å². The molecule has 0 atom stereocenters. The molecule has 0 aliphatic rings. The number of aryl methyl sites for hydroxylation is 3. The number of anilines is 1. The lowest BCUT2D eigenvalue weighted by molar-refractivity contribution is 0.760. The van der Waals surface area contributed by atoms with Crippen molar-refractivity contribution in [2.24, 2.45) is 7.05 Å². The van der Waals surface area contributed by atoms with Crippen molar-refractivity contribution < 1.29 is 0 Å². The van der Waals surface area contributed by atoms with E-state index in [9.17, 15) is 0 Å². The number of thiazole rings is 1. The Labute approximate surface area is 123 Å². The predicted octanol–water partition coefficient (Wildman–Crippen LogP) is 3.12. The Morgan fingerprint density at radius 3 is 2.84 bits per heavy atom. The van der Waals surface area contributed by atoms with E-state index in [2.05, 4.69) is 48.9 Å². The first-order valence-electron chi connectivity index (χ1n) is 5.91. The zero-order chi connectivity index (χ0) is 13.6. The molecule has 3 heterocycles. The molecule has 0 amide bonds. The Morgan fingerprint density at radius 1 is 1.37 bits per heavy atom. The minimum Gasteiger partial charge on any atom is -0.376 e. The largest absolute Gasteiger partial charge is 0.376 e. The standard InChI is InChI=1S/C12H14BrN5S/c1-7-5-18-10(8(2)15-12(18)19-7)4-14-9-6-17(3)16-11(9)13/h5-6,14H,4H2,1-3H3. The molecule has 0 unspecified atom stereocenters. The monoisotopic (exact) mass is 339 g/mol. The van der Waals surface area contributed by atoms with E-state index in [4.69, 9.17) is 0 Å². The molecule has 0 fully saturated rings. The molecular weight excluding hydrogens is 326 g/mol. The summed E-state index contributed by atoms with van der Waals surface area (Å²) in [6.45, 7) is 4.88. The van der Waals surface area contributed by atoms with Crippen molar-refractivity contribution in [2.45, 2.75) is 20.4 Å². The van der Waals surface area contributed by atoms with Gasteiger partial charge in [0, 0.05) is 24.3 Å². The minimum atomic E-state index is 0.730. The Kier molecular flexibility index (Phi) is 3.10. The fourth-order valence-corrected chi connectivity index (χ4v) is 3.46. The lowest BCUT2D eigenvalue weighted by Crippen LogP contribution is -2.03. The quantitative estimate of drug-likeness (QED) is 0.797. The SMILES string of the molecule is Cc1cn2c(CNc3cn(C)nc3Br)c(C)nc2s1. The van der Waals surface area contributed by atoms with Crippen LogP contribution in [0, 0.1) is 13.8 Å². The Morgan fingerprint density at radius 2 is 2.16 bits per heavy atom. The van der Waals surface area contributed by atoms with E-state index < -0.39 is 0 Å². The third-order valence-electron chi connectivity index (χ3n) is 2.97. The van der Waals surface area contributed by atoms with Crippen LogP contribution in [0.1, 0.15) is 16.3 Å². The third kappa shape index (κ3) is 2.28. The molecule has 3 rings (SSSR count). The Bertz CT molecular complexity index is 739. The second-order valence-corrected chi connectivity index (χ2v) is 6.46. The van der Waals surface area contributed by atoms with Gasteiger partial charge in [-0.3, -0.25) is 9.08 Å². The molecule has 5 nitrogen and oxygen atoms in total. The van der Waals surface area contributed by atoms with E-state index in [-0.39, 0.29) is 0 Å². The number of halogens is 1. The number of nitrogens with zero attached hydrogens (tertiary/aromatic N) is 4. The van der Waals surface area contributed by atoms with Crippen LogP contribution in [-0.4, -0.2) is 19.2 Å². The van der Waals surface area contributed by atoms with Crippen LogP contribution in [0.25, 0.3) is 4.96 Å². The number of hydrogen-bond donors (Lipinski definition) is 1. The molecule has 100 valence electrons. The van der Waals surface area contributed by atoms with Gasteiger partial charge in [-0.05, 0) is 29.8 Å². The fourth-order valence-electron chi connectivity index (χ4n) is 2.08. The first-order valence-corrected chi connectivity index (χ1v) is 7.52. The van der Waals surface area contributed by atoms with Crippen LogP contribution in [0.15, 0.2) is 17.0 Å². The van der Waals surface area contributed by atoms with E-state index in [1.807, 2.05) is 20.2 Å². The number of fused-ring (bicyclic) bond motifs is 1. The summed E-state index contributed by atoms with van der Waals surface area (Å²) in [5.74, 6) is 0. The Balaban J connectivity index is 1.88. The molecule has 7 heteroatoms. The van der Waals surface area contributed by atoms with Crippen molar-refractivity contribution in [3.05, 3.63) is 33.3 Å². The van der Waals surface area contributed by atoms with E-state index in [0.29, 0.717) is 0 Å². The number of imidazole rings is 1. The second kappa shape index (κ2) is 4.64. The maximum atomic E-state index is 4.58. The van der Waals surface area contributed by atoms with Crippen LogP contribution in [0.5, 0.6) is 0 Å². The summed E-state index contributed by atoms with van der Waals surface area (Å²) in [7, 11) is 1.90. The zero-order valence-corrected chi connectivity index (χ0v) is 13.3. The van der Waals surface area contributed by atoms with Crippen molar-refractivity contribution >= 4 is 37.9 Å². The molecule has 0 aliphatic heterocycles. The van der Waals surface area contributed by atoms with Gasteiger partial charge in [0.1, 0.15) is 0 Å². The van der Waals surface area contributed by atoms with E-state index in [1.54, 1.807) is 16.0 Å². The van der Waals surface area contributed by atoms with Gasteiger partial charge in [-0.1, -0.05) is 0 Å². The summed E-state index contributed by atoms with van der Waals surface area (Å²) in [4.78, 5) is 6.91. The first-order chi connectivity index (χ1) is 9.04. The van der Waals surface area contributed by atoms with Gasteiger partial charge in [0.05, 0.1) is 23.6 Å². The molecule has 3 aromatic rings. The molecule has 0 saturated heterocycles. The maximum Gasteiger partial charge on any atom is 0.194 e. The van der Waals surface area contributed by atoms with Crippen LogP contribution in [0.2, 0.25) is 0 Å². The normalized spacial score (nSPS) is 11.4. The topological polar surface area (TPSA) is 47.1 Å². The average molecular weight is 340 g/mol. The summed E-state index contributed by atoms with van der Waals surface area (Å²) in [6.07, 6.45) is 4.09. The number of aromatic nitrogens is 4. The van der Waals surface area contributed by atoms with Gasteiger partial charge in [0.25, 0.3) is 0 Å². The fraction of sp³-hybridized carbons (Fsp3) is 0.333. The molecule has 0 saturated carbocycles. The van der Waals surface area contributed by atoms with Gasteiger partial charge in [0.2, 0.25) is 0 Å². The highest BCUT2D eigenvalue weighted by Crippen LogP contribution is 2.23. The number of hydrogen-bond acceptors (Lipinski definition) is 4. The molecule has 0 bridgehead atoms. The predicted molar refractivity (Wildman–Crippen MR) is 80.8 cm³/mol. The second-order valence-electron chi connectivity index (χ2n) is 4.50. The molecule has 0 aliphatic carbocycles. The van der Waals surface area contributed by atoms with Crippen molar-refractivity contribution in [3.63, 3.8) is 0 Å². The van der Waals surface area contributed by atoms with Crippen molar-refractivity contribution in [3.8, 4) is 0 Å². The summed E-state index contributed by atoms with van der Waals surface area (Å²) < 4.78 is 4.77. The summed E-state index contributed by atoms with van der Waals surface area (Å²) in [5.41, 5.74) is 3.25. The van der Waals surface area contributed by atoms with Gasteiger partial charge in [-0.2, -0.15) is 5.10 Å².